The van der Waals surface area contributed by atoms with Gasteiger partial charge < -0.3 is 10.6 Å². The van der Waals surface area contributed by atoms with Crippen LogP contribution in [-0.2, 0) is 16.0 Å². The number of nitrogens with zero attached hydrogens (tertiary/aromatic N) is 2. The summed E-state index contributed by atoms with van der Waals surface area (Å²) < 4.78 is 1.81. The first kappa shape index (κ1) is 17.5. The smallest absolute Gasteiger partial charge is 0.242 e. The number of halogens is 1. The van der Waals surface area contributed by atoms with Crippen LogP contribution in [0.15, 0.2) is 24.3 Å². The minimum absolute atomic E-state index is 0.107. The molecule has 3 rings (SSSR count). The van der Waals surface area contributed by atoms with Crippen molar-refractivity contribution < 1.29 is 9.59 Å². The van der Waals surface area contributed by atoms with Crippen molar-refractivity contribution in [3.63, 3.8) is 0 Å². The van der Waals surface area contributed by atoms with E-state index in [1.807, 2.05) is 30.7 Å². The fourth-order valence-corrected chi connectivity index (χ4v) is 3.21. The summed E-state index contributed by atoms with van der Waals surface area (Å²) in [6.45, 7) is 4.50. The van der Waals surface area contributed by atoms with Crippen molar-refractivity contribution in [1.29, 1.82) is 0 Å². The summed E-state index contributed by atoms with van der Waals surface area (Å²) in [5, 5.41) is 10.8. The van der Waals surface area contributed by atoms with Gasteiger partial charge in [-0.1, -0.05) is 11.6 Å². The van der Waals surface area contributed by atoms with Gasteiger partial charge in [-0.05, 0) is 51.0 Å². The van der Waals surface area contributed by atoms with Crippen LogP contribution >= 0.6 is 11.6 Å². The van der Waals surface area contributed by atoms with Crippen LogP contribution in [0.3, 0.4) is 0 Å². The summed E-state index contributed by atoms with van der Waals surface area (Å²) in [5.74, 6) is -0.270. The Morgan fingerprint density at radius 2 is 2.08 bits per heavy atom. The van der Waals surface area contributed by atoms with E-state index in [1.54, 1.807) is 12.1 Å². The van der Waals surface area contributed by atoms with Gasteiger partial charge in [0.1, 0.15) is 6.04 Å². The SMILES string of the molecule is Cc1nn(-c2ccc(Cl)cc2)c(C)c1CC(=O)NC1CCCNC1=O. The molecule has 6 nitrogen and oxygen atoms in total. The molecule has 0 radical (unpaired) electrons. The van der Waals surface area contributed by atoms with Gasteiger partial charge in [-0.3, -0.25) is 9.59 Å². The second-order valence-corrected chi connectivity index (χ2v) is 6.70. The van der Waals surface area contributed by atoms with Gasteiger partial charge in [0.2, 0.25) is 11.8 Å². The van der Waals surface area contributed by atoms with Gasteiger partial charge in [0.25, 0.3) is 0 Å². The van der Waals surface area contributed by atoms with E-state index in [1.165, 1.54) is 0 Å². The number of aromatic nitrogens is 2. The predicted octanol–water partition coefficient (Wildman–Crippen LogP) is 2.08. The molecule has 2 N–H and O–H groups in total. The molecular weight excluding hydrogens is 340 g/mol. The first-order valence-corrected chi connectivity index (χ1v) is 8.71. The number of piperidine rings is 1. The lowest BCUT2D eigenvalue weighted by Gasteiger charge is -2.22. The molecule has 1 atom stereocenters. The third kappa shape index (κ3) is 3.85. The number of benzene rings is 1. The Bertz CT molecular complexity index is 798. The second kappa shape index (κ2) is 7.27. The molecule has 1 aliphatic rings. The van der Waals surface area contributed by atoms with Crippen LogP contribution in [0.4, 0.5) is 0 Å². The van der Waals surface area contributed by atoms with Crippen molar-refractivity contribution in [2.75, 3.05) is 6.54 Å². The number of hydrogen-bond acceptors (Lipinski definition) is 3. The molecule has 132 valence electrons. The summed E-state index contributed by atoms with van der Waals surface area (Å²) >= 11 is 5.93. The number of nitrogens with one attached hydrogen (secondary N) is 2. The van der Waals surface area contributed by atoms with Gasteiger partial charge in [0.15, 0.2) is 0 Å². The lowest BCUT2D eigenvalue weighted by atomic mass is 10.1. The highest BCUT2D eigenvalue weighted by molar-refractivity contribution is 6.30. The van der Waals surface area contributed by atoms with Crippen LogP contribution in [0.1, 0.15) is 29.8 Å². The first-order chi connectivity index (χ1) is 12.0. The molecule has 1 saturated heterocycles. The monoisotopic (exact) mass is 360 g/mol. The molecule has 0 saturated carbocycles. The molecular formula is C18H21ClN4O2. The molecule has 2 aromatic rings. The summed E-state index contributed by atoms with van der Waals surface area (Å²) in [6.07, 6.45) is 1.76. The van der Waals surface area contributed by atoms with Crippen LogP contribution in [0.2, 0.25) is 5.02 Å². The van der Waals surface area contributed by atoms with Gasteiger partial charge in [-0.2, -0.15) is 5.10 Å². The Kier molecular flexibility index (Phi) is 5.08. The largest absolute Gasteiger partial charge is 0.354 e. The third-order valence-electron chi connectivity index (χ3n) is 4.47. The number of amides is 2. The molecule has 7 heteroatoms. The highest BCUT2D eigenvalue weighted by Crippen LogP contribution is 2.20. The molecule has 0 bridgehead atoms. The van der Waals surface area contributed by atoms with E-state index in [4.69, 9.17) is 11.6 Å². The predicted molar refractivity (Wildman–Crippen MR) is 95.9 cm³/mol. The number of hydrogen-bond donors (Lipinski definition) is 2. The van der Waals surface area contributed by atoms with Crippen LogP contribution in [0, 0.1) is 13.8 Å². The molecule has 1 aliphatic heterocycles. The number of rotatable bonds is 4. The summed E-state index contributed by atoms with van der Waals surface area (Å²) in [7, 11) is 0. The molecule has 0 spiro atoms. The Morgan fingerprint density at radius 3 is 2.76 bits per heavy atom. The summed E-state index contributed by atoms with van der Waals surface area (Å²) in [5.41, 5.74) is 3.48. The van der Waals surface area contributed by atoms with Crippen molar-refractivity contribution in [1.82, 2.24) is 20.4 Å². The van der Waals surface area contributed by atoms with E-state index >= 15 is 0 Å². The van der Waals surface area contributed by atoms with E-state index in [0.717, 1.165) is 29.1 Å². The van der Waals surface area contributed by atoms with Crippen LogP contribution in [0.5, 0.6) is 0 Å². The maximum absolute atomic E-state index is 12.4. The molecule has 1 aromatic heterocycles. The maximum atomic E-state index is 12.4. The Hall–Kier alpha value is -2.34. The van der Waals surface area contributed by atoms with Gasteiger partial charge in [0, 0.05) is 22.8 Å². The van der Waals surface area contributed by atoms with Gasteiger partial charge in [-0.15, -0.1) is 0 Å². The minimum Gasteiger partial charge on any atom is -0.354 e. The van der Waals surface area contributed by atoms with Crippen molar-refractivity contribution in [2.24, 2.45) is 0 Å². The van der Waals surface area contributed by atoms with Crippen LogP contribution in [0.25, 0.3) is 5.69 Å². The quantitative estimate of drug-likeness (QED) is 0.876. The number of carbonyl (C=O) groups is 2. The normalized spacial score (nSPS) is 17.2. The number of carbonyl (C=O) groups excluding carboxylic acids is 2. The fraction of sp³-hybridized carbons (Fsp3) is 0.389. The van der Waals surface area contributed by atoms with E-state index in [9.17, 15) is 9.59 Å². The fourth-order valence-electron chi connectivity index (χ4n) is 3.08. The van der Waals surface area contributed by atoms with E-state index in [2.05, 4.69) is 15.7 Å². The Labute approximate surface area is 151 Å². The Balaban J connectivity index is 1.75. The summed E-state index contributed by atoms with van der Waals surface area (Å²) in [6, 6.07) is 6.95. The molecule has 1 fully saturated rings. The topological polar surface area (TPSA) is 76.0 Å². The van der Waals surface area contributed by atoms with E-state index in [0.29, 0.717) is 18.0 Å². The second-order valence-electron chi connectivity index (χ2n) is 6.27. The highest BCUT2D eigenvalue weighted by atomic mass is 35.5. The number of aryl methyl sites for hydroxylation is 1. The van der Waals surface area contributed by atoms with Crippen molar-refractivity contribution >= 4 is 23.4 Å². The molecule has 25 heavy (non-hydrogen) atoms. The molecule has 0 aliphatic carbocycles. The van der Waals surface area contributed by atoms with Crippen LogP contribution < -0.4 is 10.6 Å². The van der Waals surface area contributed by atoms with Crippen molar-refractivity contribution in [3.8, 4) is 5.69 Å². The standard InChI is InChI=1S/C18H21ClN4O2/c1-11-15(10-17(24)21-16-4-3-9-20-18(16)25)12(2)23(22-11)14-7-5-13(19)6-8-14/h5-8,16H,3-4,9-10H2,1-2H3,(H,20,25)(H,21,24). The van der Waals surface area contributed by atoms with Gasteiger partial charge >= 0.3 is 0 Å². The molecule has 2 amide bonds. The summed E-state index contributed by atoms with van der Waals surface area (Å²) in [4.78, 5) is 24.2. The van der Waals surface area contributed by atoms with Crippen LogP contribution in [-0.4, -0.2) is 34.2 Å². The molecule has 1 unspecified atom stereocenters. The van der Waals surface area contributed by atoms with Gasteiger partial charge in [0.05, 0.1) is 17.8 Å². The lowest BCUT2D eigenvalue weighted by molar-refractivity contribution is -0.129. The molecule has 2 heterocycles. The zero-order valence-electron chi connectivity index (χ0n) is 14.3. The third-order valence-corrected chi connectivity index (χ3v) is 4.72. The highest BCUT2D eigenvalue weighted by Gasteiger charge is 2.24. The zero-order valence-corrected chi connectivity index (χ0v) is 15.1. The lowest BCUT2D eigenvalue weighted by Crippen LogP contribution is -2.50. The average molecular weight is 361 g/mol. The van der Waals surface area contributed by atoms with Crippen molar-refractivity contribution in [3.05, 3.63) is 46.2 Å². The zero-order chi connectivity index (χ0) is 18.0. The van der Waals surface area contributed by atoms with Gasteiger partial charge in [-0.25, -0.2) is 4.68 Å². The van der Waals surface area contributed by atoms with E-state index in [-0.39, 0.29) is 18.2 Å². The minimum atomic E-state index is -0.437. The molecule has 1 aromatic carbocycles. The Morgan fingerprint density at radius 1 is 1.36 bits per heavy atom. The van der Waals surface area contributed by atoms with E-state index < -0.39 is 6.04 Å². The first-order valence-electron chi connectivity index (χ1n) is 8.34. The van der Waals surface area contributed by atoms with Crippen molar-refractivity contribution in [2.45, 2.75) is 39.2 Å². The maximum Gasteiger partial charge on any atom is 0.242 e. The average Bonchev–Trinajstić information content (AvgIpc) is 2.86.